The Kier molecular flexibility index (Phi) is 5.37. The fourth-order valence-electron chi connectivity index (χ4n) is 4.64. The van der Waals surface area contributed by atoms with Gasteiger partial charge >= 0.3 is 6.03 Å². The van der Waals surface area contributed by atoms with Gasteiger partial charge in [-0.15, -0.1) is 0 Å². The number of rotatable bonds is 5. The molecule has 1 heterocycles. The van der Waals surface area contributed by atoms with Gasteiger partial charge in [-0.1, -0.05) is 30.3 Å². The number of nitrogens with one attached hydrogen (secondary N) is 1. The van der Waals surface area contributed by atoms with E-state index in [2.05, 4.69) is 5.32 Å². The van der Waals surface area contributed by atoms with Crippen LogP contribution in [0.2, 0.25) is 0 Å². The van der Waals surface area contributed by atoms with Crippen LogP contribution in [-0.4, -0.2) is 35.9 Å². The molecule has 3 aromatic rings. The summed E-state index contributed by atoms with van der Waals surface area (Å²) >= 11 is 0. The molecule has 1 aliphatic heterocycles. The number of nitrogens with zero attached hydrogens (tertiary/aromatic N) is 3. The van der Waals surface area contributed by atoms with E-state index >= 15 is 0 Å². The highest BCUT2D eigenvalue weighted by molar-refractivity contribution is 6.09. The third kappa shape index (κ3) is 3.61. The predicted molar refractivity (Wildman–Crippen MR) is 126 cm³/mol. The molecule has 9 heteroatoms. The second-order valence-electron chi connectivity index (χ2n) is 8.09. The molecule has 9 nitrogen and oxygen atoms in total. The number of anilines is 1. The van der Waals surface area contributed by atoms with Crippen LogP contribution >= 0.6 is 0 Å². The first-order chi connectivity index (χ1) is 16.5. The molecule has 2 aliphatic rings. The van der Waals surface area contributed by atoms with Crippen molar-refractivity contribution in [2.75, 3.05) is 19.5 Å². The van der Waals surface area contributed by atoms with Gasteiger partial charge in [-0.25, -0.2) is 9.80 Å². The van der Waals surface area contributed by atoms with E-state index in [4.69, 9.17) is 14.6 Å². The van der Waals surface area contributed by atoms with Crippen molar-refractivity contribution in [2.24, 2.45) is 11.0 Å². The van der Waals surface area contributed by atoms with Gasteiger partial charge < -0.3 is 14.8 Å². The lowest BCUT2D eigenvalue weighted by Crippen LogP contribution is -2.34. The number of urea groups is 1. The van der Waals surface area contributed by atoms with Gasteiger partial charge in [0.1, 0.15) is 0 Å². The average molecular weight is 458 g/mol. The molecule has 0 saturated carbocycles. The molecular formula is C25H22N4O5. The number of non-ortho nitro benzene ring substituents is 1. The highest BCUT2D eigenvalue weighted by atomic mass is 16.6. The zero-order valence-electron chi connectivity index (χ0n) is 18.6. The Morgan fingerprint density at radius 1 is 1.06 bits per heavy atom. The minimum atomic E-state index is -0.481. The Hall–Kier alpha value is -4.40. The van der Waals surface area contributed by atoms with Crippen molar-refractivity contribution >= 4 is 23.1 Å². The predicted octanol–water partition coefficient (Wildman–Crippen LogP) is 4.78. The van der Waals surface area contributed by atoms with E-state index in [1.807, 2.05) is 42.5 Å². The maximum Gasteiger partial charge on any atom is 0.342 e. The summed E-state index contributed by atoms with van der Waals surface area (Å²) in [4.78, 5) is 23.7. The molecule has 2 atom stereocenters. The topological polar surface area (TPSA) is 106 Å². The number of hydrogen-bond acceptors (Lipinski definition) is 6. The number of hydrogen-bond donors (Lipinski definition) is 1. The fourth-order valence-corrected chi connectivity index (χ4v) is 4.64. The van der Waals surface area contributed by atoms with Gasteiger partial charge in [-0.2, -0.15) is 5.10 Å². The number of ether oxygens (including phenoxy) is 2. The number of fused-ring (bicyclic) bond motifs is 3. The number of methoxy groups -OCH3 is 2. The van der Waals surface area contributed by atoms with Crippen LogP contribution < -0.4 is 14.8 Å². The molecule has 5 rings (SSSR count). The van der Waals surface area contributed by atoms with Crippen molar-refractivity contribution in [2.45, 2.75) is 12.5 Å². The molecule has 0 radical (unpaired) electrons. The summed E-state index contributed by atoms with van der Waals surface area (Å²) in [6.45, 7) is 0. The van der Waals surface area contributed by atoms with E-state index in [1.54, 1.807) is 14.2 Å². The van der Waals surface area contributed by atoms with Crippen molar-refractivity contribution in [1.82, 2.24) is 5.01 Å². The van der Waals surface area contributed by atoms with Gasteiger partial charge in [0.2, 0.25) is 0 Å². The average Bonchev–Trinajstić information content (AvgIpc) is 3.39. The summed E-state index contributed by atoms with van der Waals surface area (Å²) in [7, 11) is 3.19. The van der Waals surface area contributed by atoms with Crippen LogP contribution in [0.5, 0.6) is 11.5 Å². The first-order valence-electron chi connectivity index (χ1n) is 10.7. The smallest absolute Gasteiger partial charge is 0.342 e. The highest BCUT2D eigenvalue weighted by Gasteiger charge is 2.46. The van der Waals surface area contributed by atoms with Crippen molar-refractivity contribution in [1.29, 1.82) is 0 Å². The number of hydrazone groups is 1. The highest BCUT2D eigenvalue weighted by Crippen LogP contribution is 2.47. The Labute approximate surface area is 195 Å². The van der Waals surface area contributed by atoms with Crippen molar-refractivity contribution < 1.29 is 19.2 Å². The molecule has 2 unspecified atom stereocenters. The molecule has 2 amide bonds. The Balaban J connectivity index is 1.51. The van der Waals surface area contributed by atoms with Gasteiger partial charge in [0.25, 0.3) is 5.69 Å². The molecule has 172 valence electrons. The molecule has 0 bridgehead atoms. The van der Waals surface area contributed by atoms with Gasteiger partial charge in [0.15, 0.2) is 11.5 Å². The molecule has 0 aromatic heterocycles. The van der Waals surface area contributed by atoms with Crippen molar-refractivity contribution in [3.63, 3.8) is 0 Å². The lowest BCUT2D eigenvalue weighted by Gasteiger charge is -2.26. The lowest BCUT2D eigenvalue weighted by molar-refractivity contribution is -0.384. The van der Waals surface area contributed by atoms with E-state index in [1.165, 1.54) is 29.3 Å². The second-order valence-corrected chi connectivity index (χ2v) is 8.09. The quantitative estimate of drug-likeness (QED) is 0.438. The van der Waals surface area contributed by atoms with Crippen LogP contribution in [0.4, 0.5) is 16.2 Å². The SMILES string of the molecule is COc1cc2c(cc1OC)C1=NN(C(=O)Nc3ccc([N+](=O)[O-])cc3)C(c3ccccc3)C1C2. The summed E-state index contributed by atoms with van der Waals surface area (Å²) in [5.41, 5.74) is 4.23. The molecular weight excluding hydrogens is 436 g/mol. The van der Waals surface area contributed by atoms with Crippen LogP contribution in [0.15, 0.2) is 71.8 Å². The minimum Gasteiger partial charge on any atom is -0.493 e. The van der Waals surface area contributed by atoms with E-state index in [-0.39, 0.29) is 17.6 Å². The van der Waals surface area contributed by atoms with Crippen molar-refractivity contribution in [3.8, 4) is 11.5 Å². The maximum atomic E-state index is 13.3. The first-order valence-corrected chi connectivity index (χ1v) is 10.7. The summed E-state index contributed by atoms with van der Waals surface area (Å²) in [6.07, 6.45) is 0.704. The monoisotopic (exact) mass is 458 g/mol. The standard InChI is InChI=1S/C25H22N4O5/c1-33-21-13-16-12-20-23(19(16)14-22(21)34-2)27-28(24(20)15-6-4-3-5-7-15)25(30)26-17-8-10-18(11-9-17)29(31)32/h3-11,13-14,20,24H,12H2,1-2H3,(H,26,30). The Morgan fingerprint density at radius 2 is 1.74 bits per heavy atom. The number of nitro groups is 1. The number of carbonyl (C=O) groups is 1. The van der Waals surface area contributed by atoms with E-state index in [9.17, 15) is 14.9 Å². The molecule has 1 aliphatic carbocycles. The summed E-state index contributed by atoms with van der Waals surface area (Å²) < 4.78 is 10.9. The summed E-state index contributed by atoms with van der Waals surface area (Å²) in [6, 6.07) is 18.7. The third-order valence-corrected chi connectivity index (χ3v) is 6.22. The number of benzene rings is 3. The maximum absolute atomic E-state index is 13.3. The van der Waals surface area contributed by atoms with Crippen LogP contribution in [0.25, 0.3) is 0 Å². The molecule has 0 fully saturated rings. The Bertz CT molecular complexity index is 1290. The van der Waals surface area contributed by atoms with Crippen LogP contribution in [0.1, 0.15) is 22.7 Å². The lowest BCUT2D eigenvalue weighted by atomic mass is 9.90. The van der Waals surface area contributed by atoms with E-state index in [0.717, 1.165) is 22.4 Å². The third-order valence-electron chi connectivity index (χ3n) is 6.22. The molecule has 0 saturated heterocycles. The van der Waals surface area contributed by atoms with E-state index < -0.39 is 11.0 Å². The largest absolute Gasteiger partial charge is 0.493 e. The van der Waals surface area contributed by atoms with Crippen molar-refractivity contribution in [3.05, 3.63) is 93.5 Å². The zero-order valence-corrected chi connectivity index (χ0v) is 18.6. The minimum absolute atomic E-state index is 0.0307. The fraction of sp³-hybridized carbons (Fsp3) is 0.200. The van der Waals surface area contributed by atoms with Gasteiger partial charge in [-0.05, 0) is 41.8 Å². The summed E-state index contributed by atoms with van der Waals surface area (Å²) in [5, 5.41) is 20.0. The van der Waals surface area contributed by atoms with Crippen LogP contribution in [0, 0.1) is 16.0 Å². The van der Waals surface area contributed by atoms with Gasteiger partial charge in [0, 0.05) is 29.3 Å². The zero-order chi connectivity index (χ0) is 23.8. The molecule has 0 spiro atoms. The molecule has 34 heavy (non-hydrogen) atoms. The van der Waals surface area contributed by atoms with Crippen LogP contribution in [-0.2, 0) is 6.42 Å². The summed E-state index contributed by atoms with van der Waals surface area (Å²) in [5.74, 6) is 1.23. The first kappa shape index (κ1) is 21.4. The number of carbonyl (C=O) groups excluding carboxylic acids is 1. The number of amides is 2. The number of nitro benzene ring substituents is 1. The van der Waals surface area contributed by atoms with Gasteiger partial charge in [0.05, 0.1) is 30.9 Å². The van der Waals surface area contributed by atoms with Crippen LogP contribution in [0.3, 0.4) is 0 Å². The second kappa shape index (κ2) is 8.51. The molecule has 1 N–H and O–H groups in total. The normalized spacial score (nSPS) is 18.1. The van der Waals surface area contributed by atoms with E-state index in [0.29, 0.717) is 23.6 Å². The Morgan fingerprint density at radius 3 is 2.38 bits per heavy atom. The van der Waals surface area contributed by atoms with Gasteiger partial charge in [-0.3, -0.25) is 10.1 Å². The molecule has 3 aromatic carbocycles.